The zero-order chi connectivity index (χ0) is 14.0. The van der Waals surface area contributed by atoms with E-state index in [1.54, 1.807) is 0 Å². The van der Waals surface area contributed by atoms with Crippen molar-refractivity contribution in [2.75, 3.05) is 0 Å². The number of halogens is 1. The van der Waals surface area contributed by atoms with Crippen LogP contribution in [0.5, 0.6) is 0 Å². The summed E-state index contributed by atoms with van der Waals surface area (Å²) < 4.78 is 14.8. The van der Waals surface area contributed by atoms with Gasteiger partial charge in [-0.2, -0.15) is 0 Å². The molecule has 0 fully saturated rings. The fourth-order valence-electron chi connectivity index (χ4n) is 1.64. The molecule has 1 unspecified atom stereocenters. The Balaban J connectivity index is 2.53. The first-order valence-electron chi connectivity index (χ1n) is 5.65. The summed E-state index contributed by atoms with van der Waals surface area (Å²) in [6.07, 6.45) is 2.04. The van der Waals surface area contributed by atoms with Crippen LogP contribution >= 0.6 is 0 Å². The molecule has 0 radical (unpaired) electrons. The van der Waals surface area contributed by atoms with Gasteiger partial charge in [0.2, 0.25) is 0 Å². The third-order valence-corrected chi connectivity index (χ3v) is 2.72. The maximum Gasteiger partial charge on any atom is 0.297 e. The van der Waals surface area contributed by atoms with Crippen molar-refractivity contribution in [3.63, 3.8) is 0 Å². The normalized spacial score (nSPS) is 12.4. The second kappa shape index (κ2) is 5.11. The van der Waals surface area contributed by atoms with E-state index < -0.39 is 10.7 Å². The molecule has 0 aliphatic carbocycles. The van der Waals surface area contributed by atoms with Gasteiger partial charge in [0.05, 0.1) is 22.9 Å². The minimum Gasteiger partial charge on any atom is -0.323 e. The van der Waals surface area contributed by atoms with E-state index in [-0.39, 0.29) is 17.4 Å². The third kappa shape index (κ3) is 2.43. The minimum absolute atomic E-state index is 0.241. The Morgan fingerprint density at radius 2 is 2.32 bits per heavy atom. The highest BCUT2D eigenvalue weighted by Gasteiger charge is 2.21. The molecule has 1 heterocycles. The van der Waals surface area contributed by atoms with Gasteiger partial charge in [0.25, 0.3) is 5.69 Å². The van der Waals surface area contributed by atoms with Crippen LogP contribution in [0.3, 0.4) is 0 Å². The van der Waals surface area contributed by atoms with Crippen LogP contribution in [0.25, 0.3) is 5.69 Å². The summed E-state index contributed by atoms with van der Waals surface area (Å²) in [5.74, 6) is -0.740. The highest BCUT2D eigenvalue weighted by atomic mass is 19.1. The molecule has 2 rings (SSSR count). The van der Waals surface area contributed by atoms with Crippen molar-refractivity contribution in [1.29, 1.82) is 0 Å². The van der Waals surface area contributed by atoms with Crippen molar-refractivity contribution in [1.82, 2.24) is 15.0 Å². The van der Waals surface area contributed by atoms with Gasteiger partial charge >= 0.3 is 0 Å². The van der Waals surface area contributed by atoms with Crippen LogP contribution in [0.2, 0.25) is 0 Å². The molecular formula is C11H12FN5O2. The van der Waals surface area contributed by atoms with E-state index in [1.807, 2.05) is 6.92 Å². The Morgan fingerprint density at radius 1 is 1.58 bits per heavy atom. The first-order chi connectivity index (χ1) is 9.04. The van der Waals surface area contributed by atoms with Gasteiger partial charge in [0.15, 0.2) is 11.5 Å². The zero-order valence-corrected chi connectivity index (χ0v) is 10.2. The summed E-state index contributed by atoms with van der Waals surface area (Å²) in [7, 11) is 0. The zero-order valence-electron chi connectivity index (χ0n) is 10.2. The second-order valence-corrected chi connectivity index (χ2v) is 3.97. The molecule has 0 aliphatic heterocycles. The van der Waals surface area contributed by atoms with Crippen LogP contribution in [0.1, 0.15) is 25.1 Å². The molecule has 0 aliphatic rings. The summed E-state index contributed by atoms with van der Waals surface area (Å²) in [4.78, 5) is 10.2. The van der Waals surface area contributed by atoms with Gasteiger partial charge in [-0.1, -0.05) is 18.2 Å². The molecule has 0 saturated heterocycles. The van der Waals surface area contributed by atoms with Gasteiger partial charge in [0, 0.05) is 6.07 Å². The van der Waals surface area contributed by atoms with Gasteiger partial charge in [-0.3, -0.25) is 10.1 Å². The number of nitrogens with two attached hydrogens (primary N) is 1. The summed E-state index contributed by atoms with van der Waals surface area (Å²) >= 11 is 0. The predicted octanol–water partition coefficient (Wildman–Crippen LogP) is 1.72. The smallest absolute Gasteiger partial charge is 0.297 e. The van der Waals surface area contributed by atoms with Crippen LogP contribution in [-0.2, 0) is 0 Å². The van der Waals surface area contributed by atoms with E-state index in [2.05, 4.69) is 10.3 Å². The molecule has 19 heavy (non-hydrogen) atoms. The Bertz CT molecular complexity index is 613. The molecule has 0 bridgehead atoms. The number of hydrogen-bond acceptors (Lipinski definition) is 5. The molecule has 1 aromatic carbocycles. The van der Waals surface area contributed by atoms with E-state index in [9.17, 15) is 14.5 Å². The van der Waals surface area contributed by atoms with Crippen molar-refractivity contribution in [2.45, 2.75) is 19.4 Å². The second-order valence-electron chi connectivity index (χ2n) is 3.97. The lowest BCUT2D eigenvalue weighted by molar-refractivity contribution is -0.384. The van der Waals surface area contributed by atoms with E-state index in [4.69, 9.17) is 5.73 Å². The Hall–Kier alpha value is -2.35. The number of aromatic nitrogens is 3. The van der Waals surface area contributed by atoms with Crippen LogP contribution in [0.4, 0.5) is 10.1 Å². The summed E-state index contributed by atoms with van der Waals surface area (Å²) in [5, 5.41) is 18.4. The van der Waals surface area contributed by atoms with Crippen LogP contribution < -0.4 is 5.73 Å². The van der Waals surface area contributed by atoms with Crippen LogP contribution in [-0.4, -0.2) is 19.9 Å². The maximum absolute atomic E-state index is 13.8. The van der Waals surface area contributed by atoms with Crippen molar-refractivity contribution >= 4 is 5.69 Å². The molecule has 2 aromatic rings. The van der Waals surface area contributed by atoms with Gasteiger partial charge in [-0.05, 0) is 12.5 Å². The van der Waals surface area contributed by atoms with Gasteiger partial charge in [0.1, 0.15) is 0 Å². The fraction of sp³-hybridized carbons (Fsp3) is 0.273. The number of nitrogens with zero attached hydrogens (tertiary/aromatic N) is 4. The molecule has 1 atom stereocenters. The van der Waals surface area contributed by atoms with E-state index in [0.29, 0.717) is 12.1 Å². The van der Waals surface area contributed by atoms with Crippen molar-refractivity contribution in [3.05, 3.63) is 46.0 Å². The monoisotopic (exact) mass is 265 g/mol. The molecule has 0 spiro atoms. The Morgan fingerprint density at radius 3 is 2.95 bits per heavy atom. The number of benzene rings is 1. The van der Waals surface area contributed by atoms with Crippen molar-refractivity contribution in [2.24, 2.45) is 5.73 Å². The first kappa shape index (κ1) is 13.1. The van der Waals surface area contributed by atoms with E-state index in [1.165, 1.54) is 18.3 Å². The Labute approximate surface area is 108 Å². The molecule has 0 amide bonds. The molecule has 7 nitrogen and oxygen atoms in total. The average Bonchev–Trinajstić information content (AvgIpc) is 2.86. The molecule has 2 N–H and O–H groups in total. The molecular weight excluding hydrogens is 253 g/mol. The summed E-state index contributed by atoms with van der Waals surface area (Å²) in [6, 6.07) is 3.27. The van der Waals surface area contributed by atoms with E-state index >= 15 is 0 Å². The van der Waals surface area contributed by atoms with Crippen LogP contribution in [0.15, 0.2) is 24.4 Å². The highest BCUT2D eigenvalue weighted by Crippen LogP contribution is 2.25. The van der Waals surface area contributed by atoms with E-state index in [0.717, 1.165) is 10.7 Å². The number of rotatable bonds is 4. The number of nitro groups is 1. The lowest BCUT2D eigenvalue weighted by Crippen LogP contribution is -2.08. The first-order valence-corrected chi connectivity index (χ1v) is 5.65. The van der Waals surface area contributed by atoms with Crippen LogP contribution in [0, 0.1) is 15.9 Å². The largest absolute Gasteiger partial charge is 0.323 e. The van der Waals surface area contributed by atoms with Crippen molar-refractivity contribution in [3.8, 4) is 5.69 Å². The fourth-order valence-corrected chi connectivity index (χ4v) is 1.64. The maximum atomic E-state index is 13.8. The minimum atomic E-state index is -0.740. The Kier molecular flexibility index (Phi) is 3.52. The summed E-state index contributed by atoms with van der Waals surface area (Å²) in [6.45, 7) is 1.87. The van der Waals surface area contributed by atoms with Gasteiger partial charge < -0.3 is 5.73 Å². The summed E-state index contributed by atoms with van der Waals surface area (Å²) in [5.41, 5.74) is 5.62. The van der Waals surface area contributed by atoms with Gasteiger partial charge in [-0.25, -0.2) is 9.07 Å². The topological polar surface area (TPSA) is 99.9 Å². The molecule has 1 aromatic heterocycles. The highest BCUT2D eigenvalue weighted by molar-refractivity contribution is 5.52. The molecule has 0 saturated carbocycles. The quantitative estimate of drug-likeness (QED) is 0.670. The number of hydrogen-bond donors (Lipinski definition) is 1. The van der Waals surface area contributed by atoms with Crippen molar-refractivity contribution < 1.29 is 9.31 Å². The lowest BCUT2D eigenvalue weighted by Gasteiger charge is -2.04. The lowest BCUT2D eigenvalue weighted by atomic mass is 10.2. The number of para-hydroxylation sites is 1. The SMILES string of the molecule is CCC(N)c1cn(-c2c(F)cccc2[N+](=O)[O-])nn1. The standard InChI is InChI=1S/C11H12FN5O2/c1-2-8(13)9-6-16(15-14-9)11-7(12)4-3-5-10(11)17(18)19/h3-6,8H,2,13H2,1H3. The molecule has 8 heteroatoms. The number of nitro benzene ring substituents is 1. The average molecular weight is 265 g/mol. The predicted molar refractivity (Wildman–Crippen MR) is 65.2 cm³/mol. The van der Waals surface area contributed by atoms with Gasteiger partial charge in [-0.15, -0.1) is 5.10 Å². The molecule has 100 valence electrons. The third-order valence-electron chi connectivity index (χ3n) is 2.72.